The standard InChI is InChI=1S/C24H29ClN2O7/c1-14(2)15(3)26-22(28)13-34-24(30)16-6-8-20(21(10-16)32-5)33-12-23(29)27-18-11-17(25)7-9-19(18)31-4/h6-11,14-15H,12-13H2,1-5H3,(H,26,28)(H,27,29)/t15-/m0/s1. The van der Waals surface area contributed by atoms with Gasteiger partial charge >= 0.3 is 5.97 Å². The van der Waals surface area contributed by atoms with E-state index in [0.717, 1.165) is 0 Å². The van der Waals surface area contributed by atoms with Crippen molar-refractivity contribution in [3.63, 3.8) is 0 Å². The second-order valence-corrected chi connectivity index (χ2v) is 8.16. The molecule has 0 saturated heterocycles. The van der Waals surface area contributed by atoms with E-state index < -0.39 is 18.5 Å². The Hall–Kier alpha value is -3.46. The highest BCUT2D eigenvalue weighted by Gasteiger charge is 2.17. The van der Waals surface area contributed by atoms with Gasteiger partial charge in [-0.05, 0) is 49.2 Å². The molecule has 2 aromatic rings. The largest absolute Gasteiger partial charge is 0.495 e. The SMILES string of the molecule is COc1ccc(Cl)cc1NC(=O)COc1ccc(C(=O)OCC(=O)N[C@@H](C)C(C)C)cc1OC. The smallest absolute Gasteiger partial charge is 0.338 e. The van der Waals surface area contributed by atoms with Gasteiger partial charge in [0, 0.05) is 11.1 Å². The molecule has 0 bridgehead atoms. The van der Waals surface area contributed by atoms with Gasteiger partial charge < -0.3 is 29.6 Å². The summed E-state index contributed by atoms with van der Waals surface area (Å²) in [5, 5.41) is 5.86. The molecule has 0 radical (unpaired) electrons. The molecule has 0 aliphatic heterocycles. The summed E-state index contributed by atoms with van der Waals surface area (Å²) in [5.74, 6) is -0.354. The molecule has 0 heterocycles. The van der Waals surface area contributed by atoms with E-state index in [2.05, 4.69) is 10.6 Å². The first-order valence-corrected chi connectivity index (χ1v) is 10.9. The average molecular weight is 493 g/mol. The van der Waals surface area contributed by atoms with Gasteiger partial charge in [0.2, 0.25) is 0 Å². The molecule has 2 rings (SSSR count). The highest BCUT2D eigenvalue weighted by molar-refractivity contribution is 6.31. The minimum atomic E-state index is -0.692. The summed E-state index contributed by atoms with van der Waals surface area (Å²) < 4.78 is 21.1. The van der Waals surface area contributed by atoms with Gasteiger partial charge in [0.15, 0.2) is 24.7 Å². The lowest BCUT2D eigenvalue weighted by molar-refractivity contribution is -0.125. The maximum Gasteiger partial charge on any atom is 0.338 e. The number of methoxy groups -OCH3 is 2. The third-order valence-electron chi connectivity index (χ3n) is 4.92. The van der Waals surface area contributed by atoms with Crippen molar-refractivity contribution < 1.29 is 33.3 Å². The number of rotatable bonds is 11. The molecule has 0 spiro atoms. The first kappa shape index (κ1) is 26.8. The van der Waals surface area contributed by atoms with Crippen LogP contribution in [0.4, 0.5) is 5.69 Å². The fraction of sp³-hybridized carbons (Fsp3) is 0.375. The zero-order valence-corrected chi connectivity index (χ0v) is 20.5. The van der Waals surface area contributed by atoms with Crippen LogP contribution >= 0.6 is 11.6 Å². The van der Waals surface area contributed by atoms with Crippen molar-refractivity contribution in [1.29, 1.82) is 0 Å². The number of nitrogens with one attached hydrogen (secondary N) is 2. The molecule has 0 aromatic heterocycles. The highest BCUT2D eigenvalue weighted by atomic mass is 35.5. The summed E-state index contributed by atoms with van der Waals surface area (Å²) in [7, 11) is 2.88. The molecule has 184 valence electrons. The molecule has 0 fully saturated rings. The number of amides is 2. The molecule has 2 amide bonds. The third kappa shape index (κ3) is 7.84. The monoisotopic (exact) mass is 492 g/mol. The first-order valence-electron chi connectivity index (χ1n) is 10.5. The van der Waals surface area contributed by atoms with E-state index in [1.54, 1.807) is 18.2 Å². The minimum Gasteiger partial charge on any atom is -0.495 e. The van der Waals surface area contributed by atoms with Crippen molar-refractivity contribution in [3.05, 3.63) is 47.0 Å². The fourth-order valence-electron chi connectivity index (χ4n) is 2.70. The van der Waals surface area contributed by atoms with Crippen molar-refractivity contribution in [3.8, 4) is 17.2 Å². The topological polar surface area (TPSA) is 112 Å². The number of carbonyl (C=O) groups is 3. The number of halogens is 1. The lowest BCUT2D eigenvalue weighted by atomic mass is 10.1. The van der Waals surface area contributed by atoms with E-state index in [0.29, 0.717) is 16.5 Å². The zero-order chi connectivity index (χ0) is 25.3. The van der Waals surface area contributed by atoms with Crippen molar-refractivity contribution in [2.45, 2.75) is 26.8 Å². The van der Waals surface area contributed by atoms with Crippen LogP contribution in [-0.2, 0) is 14.3 Å². The van der Waals surface area contributed by atoms with Crippen LogP contribution in [-0.4, -0.2) is 51.3 Å². The van der Waals surface area contributed by atoms with E-state index in [4.69, 9.17) is 30.5 Å². The Bertz CT molecular complexity index is 1030. The number of ether oxygens (including phenoxy) is 4. The van der Waals surface area contributed by atoms with Crippen LogP contribution in [0.15, 0.2) is 36.4 Å². The van der Waals surface area contributed by atoms with Crippen LogP contribution in [0.5, 0.6) is 17.2 Å². The molecule has 34 heavy (non-hydrogen) atoms. The van der Waals surface area contributed by atoms with Crippen LogP contribution in [0.25, 0.3) is 0 Å². The number of hydrogen-bond acceptors (Lipinski definition) is 7. The maximum absolute atomic E-state index is 12.3. The first-order chi connectivity index (χ1) is 16.1. The second kappa shape index (κ2) is 12.7. The number of anilines is 1. The predicted octanol–water partition coefficient (Wildman–Crippen LogP) is 3.69. The van der Waals surface area contributed by atoms with Crippen LogP contribution < -0.4 is 24.8 Å². The number of carbonyl (C=O) groups excluding carboxylic acids is 3. The molecule has 0 unspecified atom stereocenters. The minimum absolute atomic E-state index is 0.0418. The lowest BCUT2D eigenvalue weighted by Crippen LogP contribution is -2.38. The summed E-state index contributed by atoms with van der Waals surface area (Å²) in [6, 6.07) is 9.13. The number of esters is 1. The highest BCUT2D eigenvalue weighted by Crippen LogP contribution is 2.29. The Labute approximate surface area is 203 Å². The summed E-state index contributed by atoms with van der Waals surface area (Å²) in [5.41, 5.74) is 0.572. The Kier molecular flexibility index (Phi) is 10.0. The molecule has 0 saturated carbocycles. The van der Waals surface area contributed by atoms with Crippen LogP contribution in [0.3, 0.4) is 0 Å². The van der Waals surface area contributed by atoms with E-state index in [1.807, 2.05) is 20.8 Å². The van der Waals surface area contributed by atoms with Gasteiger partial charge in [-0.25, -0.2) is 4.79 Å². The molecule has 1 atom stereocenters. The number of benzene rings is 2. The van der Waals surface area contributed by atoms with Crippen LogP contribution in [0.1, 0.15) is 31.1 Å². The van der Waals surface area contributed by atoms with Crippen LogP contribution in [0, 0.1) is 5.92 Å². The van der Waals surface area contributed by atoms with E-state index in [1.165, 1.54) is 32.4 Å². The van der Waals surface area contributed by atoms with Gasteiger partial charge in [-0.15, -0.1) is 0 Å². The van der Waals surface area contributed by atoms with Gasteiger partial charge in [-0.2, -0.15) is 0 Å². The van der Waals surface area contributed by atoms with Crippen molar-refractivity contribution in [1.82, 2.24) is 5.32 Å². The Morgan fingerprint density at radius 2 is 1.56 bits per heavy atom. The fourth-order valence-corrected chi connectivity index (χ4v) is 2.87. The molecule has 0 aliphatic rings. The maximum atomic E-state index is 12.3. The average Bonchev–Trinajstić information content (AvgIpc) is 2.81. The summed E-state index contributed by atoms with van der Waals surface area (Å²) >= 11 is 5.97. The number of hydrogen-bond donors (Lipinski definition) is 2. The molecule has 10 heteroatoms. The van der Waals surface area contributed by atoms with Crippen LogP contribution in [0.2, 0.25) is 5.02 Å². The van der Waals surface area contributed by atoms with Gasteiger partial charge in [-0.1, -0.05) is 25.4 Å². The van der Waals surface area contributed by atoms with E-state index >= 15 is 0 Å². The Morgan fingerprint density at radius 3 is 2.21 bits per heavy atom. The molecule has 2 N–H and O–H groups in total. The second-order valence-electron chi connectivity index (χ2n) is 7.72. The third-order valence-corrected chi connectivity index (χ3v) is 5.15. The van der Waals surface area contributed by atoms with E-state index in [9.17, 15) is 14.4 Å². The predicted molar refractivity (Wildman–Crippen MR) is 128 cm³/mol. The van der Waals surface area contributed by atoms with Gasteiger partial charge in [0.1, 0.15) is 5.75 Å². The van der Waals surface area contributed by atoms with Gasteiger partial charge in [0.05, 0.1) is 25.5 Å². The summed E-state index contributed by atoms with van der Waals surface area (Å²) in [6.45, 7) is 5.10. The zero-order valence-electron chi connectivity index (χ0n) is 19.8. The van der Waals surface area contributed by atoms with Crippen molar-refractivity contribution >= 4 is 35.1 Å². The molecule has 9 nitrogen and oxygen atoms in total. The van der Waals surface area contributed by atoms with Crippen molar-refractivity contribution in [2.24, 2.45) is 5.92 Å². The lowest BCUT2D eigenvalue weighted by Gasteiger charge is -2.17. The molecule has 2 aromatic carbocycles. The van der Waals surface area contributed by atoms with Crippen molar-refractivity contribution in [2.75, 3.05) is 32.8 Å². The Balaban J connectivity index is 1.95. The quantitative estimate of drug-likeness (QED) is 0.460. The normalized spacial score (nSPS) is 11.4. The summed E-state index contributed by atoms with van der Waals surface area (Å²) in [4.78, 5) is 36.6. The molecular formula is C24H29ClN2O7. The summed E-state index contributed by atoms with van der Waals surface area (Å²) in [6.07, 6.45) is 0. The molecule has 0 aliphatic carbocycles. The van der Waals surface area contributed by atoms with Gasteiger partial charge in [0.25, 0.3) is 11.8 Å². The Morgan fingerprint density at radius 1 is 0.882 bits per heavy atom. The molecular weight excluding hydrogens is 464 g/mol. The van der Waals surface area contributed by atoms with E-state index in [-0.39, 0.29) is 41.5 Å². The van der Waals surface area contributed by atoms with Gasteiger partial charge in [-0.3, -0.25) is 9.59 Å².